The number of aliphatic imine (C=N–C) groups is 1. The van der Waals surface area contributed by atoms with Crippen LogP contribution in [0.4, 0.5) is 0 Å². The molecule has 1 aromatic carbocycles. The van der Waals surface area contributed by atoms with Gasteiger partial charge in [0.2, 0.25) is 0 Å². The van der Waals surface area contributed by atoms with Crippen molar-refractivity contribution in [1.82, 2.24) is 9.80 Å². The zero-order valence-electron chi connectivity index (χ0n) is 15.3. The van der Waals surface area contributed by atoms with Crippen molar-refractivity contribution >= 4 is 29.9 Å². The largest absolute Gasteiger partial charge is 0.343 e. The Morgan fingerprint density at radius 1 is 1.00 bits per heavy atom. The summed E-state index contributed by atoms with van der Waals surface area (Å²) in [5.41, 5.74) is 1.49. The number of hydrogen-bond acceptors (Lipinski definition) is 3. The summed E-state index contributed by atoms with van der Waals surface area (Å²) in [6.07, 6.45) is 9.53. The summed E-state index contributed by atoms with van der Waals surface area (Å²) in [7, 11) is 0. The monoisotopic (exact) mass is 453 g/mol. The maximum Gasteiger partial charge on any atom is 0.196 e. The van der Waals surface area contributed by atoms with Gasteiger partial charge in [-0.2, -0.15) is 0 Å². The molecule has 3 nitrogen and oxygen atoms in total. The molecule has 1 atom stereocenters. The van der Waals surface area contributed by atoms with Crippen LogP contribution in [0.25, 0.3) is 0 Å². The summed E-state index contributed by atoms with van der Waals surface area (Å²) in [5, 5.41) is 0. The molecule has 1 saturated heterocycles. The van der Waals surface area contributed by atoms with E-state index in [1.165, 1.54) is 76.1 Å². The molecule has 138 valence electrons. The van der Waals surface area contributed by atoms with Gasteiger partial charge in [-0.15, -0.1) is 24.0 Å². The van der Waals surface area contributed by atoms with Crippen molar-refractivity contribution in [2.45, 2.75) is 44.9 Å². The third kappa shape index (κ3) is 5.35. The van der Waals surface area contributed by atoms with Gasteiger partial charge in [-0.05, 0) is 62.3 Å². The predicted molar refractivity (Wildman–Crippen MR) is 116 cm³/mol. The van der Waals surface area contributed by atoms with E-state index in [9.17, 15) is 0 Å². The van der Waals surface area contributed by atoms with Crippen LogP contribution in [0, 0.1) is 11.8 Å². The lowest BCUT2D eigenvalue weighted by Gasteiger charge is -2.37. The molecule has 0 amide bonds. The number of aryl methyl sites for hydroxylation is 1. The SMILES string of the molecule is I.c1ccc(CCCC2CCCN(C3=NCCN3CC3CC3)C2)cc1. The first-order valence-corrected chi connectivity index (χ1v) is 9.97. The zero-order valence-corrected chi connectivity index (χ0v) is 17.6. The Morgan fingerprint density at radius 3 is 2.64 bits per heavy atom. The number of guanidine groups is 1. The average Bonchev–Trinajstić information content (AvgIpc) is 3.31. The Kier molecular flexibility index (Phi) is 7.02. The Hall–Kier alpha value is -0.780. The lowest BCUT2D eigenvalue weighted by Crippen LogP contribution is -2.47. The van der Waals surface area contributed by atoms with Gasteiger partial charge in [0.15, 0.2) is 5.96 Å². The highest BCUT2D eigenvalue weighted by Crippen LogP contribution is 2.31. The van der Waals surface area contributed by atoms with E-state index in [0.717, 1.165) is 24.9 Å². The molecule has 4 rings (SSSR count). The second-order valence-electron chi connectivity index (χ2n) is 7.90. The smallest absolute Gasteiger partial charge is 0.196 e. The molecule has 2 fully saturated rings. The average molecular weight is 453 g/mol. The molecule has 0 bridgehead atoms. The topological polar surface area (TPSA) is 18.8 Å². The highest BCUT2D eigenvalue weighted by Gasteiger charge is 2.31. The molecule has 2 aliphatic heterocycles. The van der Waals surface area contributed by atoms with E-state index in [1.54, 1.807) is 0 Å². The first-order valence-electron chi connectivity index (χ1n) is 9.97. The lowest BCUT2D eigenvalue weighted by atomic mass is 9.92. The van der Waals surface area contributed by atoms with Gasteiger partial charge in [-0.1, -0.05) is 30.3 Å². The summed E-state index contributed by atoms with van der Waals surface area (Å²) in [4.78, 5) is 10.0. The van der Waals surface area contributed by atoms with Gasteiger partial charge in [0.25, 0.3) is 0 Å². The number of rotatable bonds is 6. The molecule has 1 unspecified atom stereocenters. The fourth-order valence-corrected chi connectivity index (χ4v) is 4.28. The van der Waals surface area contributed by atoms with Gasteiger partial charge in [0, 0.05) is 26.2 Å². The number of nitrogens with zero attached hydrogens (tertiary/aromatic N) is 3. The second-order valence-corrected chi connectivity index (χ2v) is 7.90. The van der Waals surface area contributed by atoms with Crippen LogP contribution >= 0.6 is 24.0 Å². The van der Waals surface area contributed by atoms with E-state index in [4.69, 9.17) is 4.99 Å². The Morgan fingerprint density at radius 2 is 1.84 bits per heavy atom. The van der Waals surface area contributed by atoms with Gasteiger partial charge >= 0.3 is 0 Å². The second kappa shape index (κ2) is 9.24. The maximum atomic E-state index is 4.85. The molecule has 0 spiro atoms. The van der Waals surface area contributed by atoms with Crippen LogP contribution in [0.1, 0.15) is 44.1 Å². The molecular weight excluding hydrogens is 421 g/mol. The highest BCUT2D eigenvalue weighted by molar-refractivity contribution is 14.0. The van der Waals surface area contributed by atoms with Gasteiger partial charge in [0.1, 0.15) is 0 Å². The quantitative estimate of drug-likeness (QED) is 0.594. The van der Waals surface area contributed by atoms with Crippen LogP contribution < -0.4 is 0 Å². The Balaban J connectivity index is 0.00000182. The molecule has 1 aromatic rings. The van der Waals surface area contributed by atoms with Crippen LogP contribution in [-0.4, -0.2) is 48.5 Å². The summed E-state index contributed by atoms with van der Waals surface area (Å²) in [6.45, 7) is 5.87. The summed E-state index contributed by atoms with van der Waals surface area (Å²) in [6, 6.07) is 10.9. The number of likely N-dealkylation sites (tertiary alicyclic amines) is 1. The van der Waals surface area contributed by atoms with Crippen LogP contribution in [0.2, 0.25) is 0 Å². The number of piperidine rings is 1. The minimum atomic E-state index is 0. The third-order valence-electron chi connectivity index (χ3n) is 5.80. The van der Waals surface area contributed by atoms with E-state index in [0.29, 0.717) is 0 Å². The standard InChI is InChI=1S/C21H31N3.HI/c1-2-6-18(7-3-1)8-4-9-19-10-5-14-23(16-19)21-22-13-15-24(21)17-20-11-12-20;/h1-3,6-7,19-20H,4-5,8-17H2;1H. The third-order valence-corrected chi connectivity index (χ3v) is 5.80. The van der Waals surface area contributed by atoms with Crippen LogP contribution in [0.5, 0.6) is 0 Å². The van der Waals surface area contributed by atoms with E-state index < -0.39 is 0 Å². The van der Waals surface area contributed by atoms with Gasteiger partial charge in [0.05, 0.1) is 6.54 Å². The molecule has 0 N–H and O–H groups in total. The van der Waals surface area contributed by atoms with Crippen LogP contribution in [0.15, 0.2) is 35.3 Å². The number of benzene rings is 1. The molecule has 1 saturated carbocycles. The van der Waals surface area contributed by atoms with Gasteiger partial charge in [-0.3, -0.25) is 4.99 Å². The predicted octanol–water partition coefficient (Wildman–Crippen LogP) is 4.42. The molecule has 4 heteroatoms. The maximum absolute atomic E-state index is 4.85. The Labute approximate surface area is 169 Å². The molecule has 0 aromatic heterocycles. The summed E-state index contributed by atoms with van der Waals surface area (Å²) < 4.78 is 0. The molecule has 2 heterocycles. The zero-order chi connectivity index (χ0) is 16.2. The minimum Gasteiger partial charge on any atom is -0.343 e. The summed E-state index contributed by atoms with van der Waals surface area (Å²) in [5.74, 6) is 3.14. The van der Waals surface area contributed by atoms with Gasteiger partial charge in [-0.25, -0.2) is 0 Å². The first kappa shape index (κ1) is 19.0. The Bertz CT molecular complexity index is 556. The van der Waals surface area contributed by atoms with E-state index in [1.807, 2.05) is 0 Å². The highest BCUT2D eigenvalue weighted by atomic mass is 127. The normalized spacial score (nSPS) is 23.4. The lowest BCUT2D eigenvalue weighted by molar-refractivity contribution is 0.221. The molecule has 3 aliphatic rings. The van der Waals surface area contributed by atoms with Crippen molar-refractivity contribution in [2.75, 3.05) is 32.7 Å². The molecule has 0 radical (unpaired) electrons. The van der Waals surface area contributed by atoms with Crippen LogP contribution in [0.3, 0.4) is 0 Å². The van der Waals surface area contributed by atoms with E-state index >= 15 is 0 Å². The first-order chi connectivity index (χ1) is 11.9. The molecular formula is C21H32IN3. The van der Waals surface area contributed by atoms with Gasteiger partial charge < -0.3 is 9.80 Å². The molecule has 1 aliphatic carbocycles. The fourth-order valence-electron chi connectivity index (χ4n) is 4.28. The number of halogens is 1. The van der Waals surface area contributed by atoms with Crippen molar-refractivity contribution in [2.24, 2.45) is 16.8 Å². The van der Waals surface area contributed by atoms with Crippen molar-refractivity contribution in [3.05, 3.63) is 35.9 Å². The van der Waals surface area contributed by atoms with Crippen molar-refractivity contribution in [1.29, 1.82) is 0 Å². The summed E-state index contributed by atoms with van der Waals surface area (Å²) >= 11 is 0. The van der Waals surface area contributed by atoms with Crippen LogP contribution in [-0.2, 0) is 6.42 Å². The fraction of sp³-hybridized carbons (Fsp3) is 0.667. The van der Waals surface area contributed by atoms with Crippen molar-refractivity contribution in [3.63, 3.8) is 0 Å². The number of hydrogen-bond donors (Lipinski definition) is 0. The molecule has 25 heavy (non-hydrogen) atoms. The van der Waals surface area contributed by atoms with E-state index in [2.05, 4.69) is 40.1 Å². The van der Waals surface area contributed by atoms with E-state index in [-0.39, 0.29) is 24.0 Å². The minimum absolute atomic E-state index is 0. The van der Waals surface area contributed by atoms with Crippen molar-refractivity contribution in [3.8, 4) is 0 Å². The van der Waals surface area contributed by atoms with Crippen molar-refractivity contribution < 1.29 is 0 Å².